The molecule has 0 atom stereocenters. The van der Waals surface area contributed by atoms with Crippen molar-refractivity contribution in [1.82, 2.24) is 9.55 Å². The first kappa shape index (κ1) is 30.9. The number of fused-ring (bicyclic) bond motifs is 5. The number of aromatic nitrogens is 2. The first-order valence-corrected chi connectivity index (χ1v) is 17.2. The number of nitrogens with zero attached hydrogens (tertiary/aromatic N) is 6. The third-order valence-corrected chi connectivity index (χ3v) is 10.2. The summed E-state index contributed by atoms with van der Waals surface area (Å²) in [7, 11) is 0. The van der Waals surface area contributed by atoms with Gasteiger partial charge < -0.3 is 4.90 Å². The number of pyridine rings is 1. The molecule has 0 fully saturated rings. The molecule has 0 amide bonds. The van der Waals surface area contributed by atoms with Gasteiger partial charge in [0.2, 0.25) is 0 Å². The summed E-state index contributed by atoms with van der Waals surface area (Å²) in [5, 5.41) is 12.0. The summed E-state index contributed by atoms with van der Waals surface area (Å²) in [5.74, 6) is 1.53. The Balaban J connectivity index is 1.38. The molecule has 3 heterocycles. The standard InChI is InChI=1S/C46H32N6/c1-46(2)38-14-6-10-18-42(38)52(43-19-11-7-15-39(43)46)45-29-35(50(33-24-20-31(30-47)21-25-33)34-26-22-32(48-3)23-27-34)28-44(49-45)51-40-16-8-4-12-36(40)37-13-5-9-17-41(37)51/h4-29H,1-2H3. The minimum absolute atomic E-state index is 0.226. The van der Waals surface area contributed by atoms with E-state index in [0.717, 1.165) is 61.9 Å². The van der Waals surface area contributed by atoms with Gasteiger partial charge in [-0.2, -0.15) is 5.26 Å². The van der Waals surface area contributed by atoms with Gasteiger partial charge in [-0.3, -0.25) is 9.47 Å². The molecule has 2 aromatic heterocycles. The predicted molar refractivity (Wildman–Crippen MR) is 211 cm³/mol. The van der Waals surface area contributed by atoms with Crippen molar-refractivity contribution in [2.45, 2.75) is 19.3 Å². The fourth-order valence-electron chi connectivity index (χ4n) is 7.74. The van der Waals surface area contributed by atoms with Crippen LogP contribution in [-0.4, -0.2) is 9.55 Å². The number of hydrogen-bond donors (Lipinski definition) is 0. The molecule has 0 saturated carbocycles. The fraction of sp³-hybridized carbons (Fsp3) is 0.0652. The van der Waals surface area contributed by atoms with E-state index in [1.54, 1.807) is 0 Å². The van der Waals surface area contributed by atoms with E-state index < -0.39 is 0 Å². The number of para-hydroxylation sites is 4. The van der Waals surface area contributed by atoms with Crippen LogP contribution >= 0.6 is 0 Å². The van der Waals surface area contributed by atoms with Gasteiger partial charge >= 0.3 is 0 Å². The Hall–Kier alpha value is -7.15. The number of hydrogen-bond acceptors (Lipinski definition) is 4. The van der Waals surface area contributed by atoms with Crippen LogP contribution in [0.3, 0.4) is 0 Å². The zero-order chi connectivity index (χ0) is 35.4. The third kappa shape index (κ3) is 4.81. The van der Waals surface area contributed by atoms with Gasteiger partial charge in [-0.05, 0) is 71.8 Å². The Morgan fingerprint density at radius 3 is 1.67 bits per heavy atom. The maximum Gasteiger partial charge on any atom is 0.187 e. The van der Waals surface area contributed by atoms with E-state index >= 15 is 0 Å². The second-order valence-electron chi connectivity index (χ2n) is 13.5. The Morgan fingerprint density at radius 1 is 0.615 bits per heavy atom. The molecule has 9 rings (SSSR count). The van der Waals surface area contributed by atoms with Crippen LogP contribution in [0.25, 0.3) is 32.5 Å². The van der Waals surface area contributed by atoms with Gasteiger partial charge in [0.25, 0.3) is 0 Å². The van der Waals surface area contributed by atoms with Gasteiger partial charge in [-0.15, -0.1) is 0 Å². The van der Waals surface area contributed by atoms with E-state index in [4.69, 9.17) is 11.6 Å². The molecule has 0 unspecified atom stereocenters. The van der Waals surface area contributed by atoms with Crippen molar-refractivity contribution in [3.63, 3.8) is 0 Å². The fourth-order valence-corrected chi connectivity index (χ4v) is 7.74. The van der Waals surface area contributed by atoms with Crippen molar-refractivity contribution >= 4 is 61.7 Å². The number of anilines is 6. The van der Waals surface area contributed by atoms with Gasteiger partial charge in [-0.25, -0.2) is 9.83 Å². The number of nitriles is 1. The van der Waals surface area contributed by atoms with Crippen LogP contribution in [-0.2, 0) is 5.41 Å². The molecule has 0 N–H and O–H groups in total. The molecule has 6 nitrogen and oxygen atoms in total. The monoisotopic (exact) mass is 668 g/mol. The highest BCUT2D eigenvalue weighted by molar-refractivity contribution is 6.09. The lowest BCUT2D eigenvalue weighted by molar-refractivity contribution is 0.631. The Labute approximate surface area is 302 Å². The van der Waals surface area contributed by atoms with Crippen LogP contribution in [0, 0.1) is 17.9 Å². The van der Waals surface area contributed by atoms with Crippen LogP contribution in [0.15, 0.2) is 158 Å². The molecule has 0 bridgehead atoms. The van der Waals surface area contributed by atoms with Crippen molar-refractivity contribution in [2.75, 3.05) is 9.80 Å². The SMILES string of the molecule is [C-]#[N+]c1ccc(N(c2ccc(C#N)cc2)c2cc(N3c4ccccc4C(C)(C)c4ccccc43)nc(-n3c4ccccc4c4ccccc43)c2)cc1. The highest BCUT2D eigenvalue weighted by Gasteiger charge is 2.37. The van der Waals surface area contributed by atoms with Crippen LogP contribution in [0.2, 0.25) is 0 Å². The molecule has 0 saturated heterocycles. The molecular formula is C46H32N6. The lowest BCUT2D eigenvalue weighted by atomic mass is 9.73. The molecule has 1 aliphatic heterocycles. The topological polar surface area (TPSA) is 52.5 Å². The van der Waals surface area contributed by atoms with Gasteiger partial charge in [0.15, 0.2) is 5.69 Å². The molecule has 246 valence electrons. The van der Waals surface area contributed by atoms with E-state index in [1.807, 2.05) is 48.5 Å². The highest BCUT2D eigenvalue weighted by atomic mass is 15.2. The smallest absolute Gasteiger partial charge is 0.187 e. The van der Waals surface area contributed by atoms with E-state index in [9.17, 15) is 5.26 Å². The summed E-state index contributed by atoms with van der Waals surface area (Å²) >= 11 is 0. The highest BCUT2D eigenvalue weighted by Crippen LogP contribution is 2.52. The minimum atomic E-state index is -0.226. The minimum Gasteiger partial charge on any atom is -0.310 e. The van der Waals surface area contributed by atoms with Crippen LogP contribution in [0.1, 0.15) is 30.5 Å². The summed E-state index contributed by atoms with van der Waals surface area (Å²) in [4.78, 5) is 13.7. The first-order chi connectivity index (χ1) is 25.5. The van der Waals surface area contributed by atoms with Crippen LogP contribution in [0.5, 0.6) is 0 Å². The van der Waals surface area contributed by atoms with Gasteiger partial charge in [0.1, 0.15) is 11.6 Å². The summed E-state index contributed by atoms with van der Waals surface area (Å²) < 4.78 is 2.25. The zero-order valence-electron chi connectivity index (χ0n) is 28.7. The van der Waals surface area contributed by atoms with E-state index in [2.05, 4.69) is 148 Å². The van der Waals surface area contributed by atoms with E-state index in [1.165, 1.54) is 11.1 Å². The molecule has 6 heteroatoms. The predicted octanol–water partition coefficient (Wildman–Crippen LogP) is 12.2. The van der Waals surface area contributed by atoms with E-state index in [-0.39, 0.29) is 5.41 Å². The van der Waals surface area contributed by atoms with Crippen molar-refractivity contribution in [2.24, 2.45) is 0 Å². The molecule has 8 aromatic rings. The maximum atomic E-state index is 9.64. The quantitative estimate of drug-likeness (QED) is 0.171. The maximum absolute atomic E-state index is 9.64. The Morgan fingerprint density at radius 2 is 1.12 bits per heavy atom. The molecule has 0 radical (unpaired) electrons. The molecular weight excluding hydrogens is 637 g/mol. The van der Waals surface area contributed by atoms with Crippen LogP contribution < -0.4 is 9.80 Å². The van der Waals surface area contributed by atoms with E-state index in [0.29, 0.717) is 11.3 Å². The average Bonchev–Trinajstić information content (AvgIpc) is 3.53. The second-order valence-corrected chi connectivity index (χ2v) is 13.5. The second kappa shape index (κ2) is 12.0. The van der Waals surface area contributed by atoms with Crippen molar-refractivity contribution in [3.8, 4) is 11.9 Å². The summed E-state index contributed by atoms with van der Waals surface area (Å²) in [5.41, 5.74) is 10.3. The Kier molecular flexibility index (Phi) is 7.14. The summed E-state index contributed by atoms with van der Waals surface area (Å²) in [6.07, 6.45) is 0. The molecule has 6 aromatic carbocycles. The first-order valence-electron chi connectivity index (χ1n) is 17.2. The largest absolute Gasteiger partial charge is 0.310 e. The van der Waals surface area contributed by atoms with Gasteiger partial charge in [0, 0.05) is 39.7 Å². The van der Waals surface area contributed by atoms with Crippen molar-refractivity contribution in [3.05, 3.63) is 186 Å². The molecule has 52 heavy (non-hydrogen) atoms. The number of benzene rings is 6. The molecule has 0 aliphatic carbocycles. The molecule has 1 aliphatic rings. The lowest BCUT2D eigenvalue weighted by Gasteiger charge is -2.41. The van der Waals surface area contributed by atoms with Crippen LogP contribution in [0.4, 0.5) is 39.9 Å². The zero-order valence-corrected chi connectivity index (χ0v) is 28.7. The van der Waals surface area contributed by atoms with Gasteiger partial charge in [-0.1, -0.05) is 98.8 Å². The lowest BCUT2D eigenvalue weighted by Crippen LogP contribution is -2.31. The Bertz CT molecular complexity index is 2580. The number of rotatable bonds is 5. The van der Waals surface area contributed by atoms with Crippen molar-refractivity contribution < 1.29 is 0 Å². The summed E-state index contributed by atoms with van der Waals surface area (Å²) in [6.45, 7) is 12.2. The average molecular weight is 669 g/mol. The van der Waals surface area contributed by atoms with Crippen molar-refractivity contribution in [1.29, 1.82) is 5.26 Å². The normalized spacial score (nSPS) is 12.9. The third-order valence-electron chi connectivity index (χ3n) is 10.2. The summed E-state index contributed by atoms with van der Waals surface area (Å²) in [6, 6.07) is 55.9. The van der Waals surface area contributed by atoms with Gasteiger partial charge in [0.05, 0.1) is 46.3 Å². The molecule has 0 spiro atoms.